The normalized spacial score (nSPS) is 16.1. The summed E-state index contributed by atoms with van der Waals surface area (Å²) < 4.78 is 5.92. The lowest BCUT2D eigenvalue weighted by Gasteiger charge is -2.24. The minimum atomic E-state index is -0.264. The summed E-state index contributed by atoms with van der Waals surface area (Å²) in [6.45, 7) is 1.43. The molecule has 6 nitrogen and oxygen atoms in total. The summed E-state index contributed by atoms with van der Waals surface area (Å²) in [5.41, 5.74) is 8.29. The SMILES string of the molecule is Cl.NC1=NC(c2ccc(OCCCCCCCCCCBr)cc2)NC(=NCCc2ccccc2)N1. The van der Waals surface area contributed by atoms with Crippen LogP contribution in [0.5, 0.6) is 5.75 Å². The zero-order valence-electron chi connectivity index (χ0n) is 20.4. The number of nitrogens with two attached hydrogens (primary N) is 1. The molecule has 4 N–H and O–H groups in total. The molecular weight excluding hydrogens is 526 g/mol. The highest BCUT2D eigenvalue weighted by atomic mass is 79.9. The molecule has 1 unspecified atom stereocenters. The molecule has 1 aliphatic heterocycles. The number of guanidine groups is 2. The fourth-order valence-electron chi connectivity index (χ4n) is 3.87. The lowest BCUT2D eigenvalue weighted by atomic mass is 10.1. The molecule has 0 aliphatic carbocycles. The average molecular weight is 565 g/mol. The van der Waals surface area contributed by atoms with Crippen LogP contribution in [0.25, 0.3) is 0 Å². The molecule has 0 spiro atoms. The van der Waals surface area contributed by atoms with Crippen LogP contribution in [0.15, 0.2) is 64.6 Å². The van der Waals surface area contributed by atoms with Gasteiger partial charge < -0.3 is 15.8 Å². The van der Waals surface area contributed by atoms with Gasteiger partial charge in [0, 0.05) is 11.9 Å². The Morgan fingerprint density at radius 1 is 0.886 bits per heavy atom. The van der Waals surface area contributed by atoms with Crippen molar-refractivity contribution in [2.24, 2.45) is 15.7 Å². The fourth-order valence-corrected chi connectivity index (χ4v) is 4.27. The van der Waals surface area contributed by atoms with Crippen molar-refractivity contribution in [1.29, 1.82) is 0 Å². The van der Waals surface area contributed by atoms with Crippen LogP contribution < -0.4 is 21.1 Å². The zero-order chi connectivity index (χ0) is 23.8. The van der Waals surface area contributed by atoms with E-state index in [9.17, 15) is 0 Å². The Bertz CT molecular complexity index is 892. The first-order valence-electron chi connectivity index (χ1n) is 12.5. The van der Waals surface area contributed by atoms with Crippen LogP contribution in [0.4, 0.5) is 0 Å². The Balaban J connectivity index is 0.00000432. The van der Waals surface area contributed by atoms with E-state index < -0.39 is 0 Å². The van der Waals surface area contributed by atoms with E-state index in [1.165, 1.54) is 50.5 Å². The molecule has 3 rings (SSSR count). The maximum atomic E-state index is 6.00. The minimum absolute atomic E-state index is 0. The van der Waals surface area contributed by atoms with E-state index >= 15 is 0 Å². The smallest absolute Gasteiger partial charge is 0.200 e. The van der Waals surface area contributed by atoms with Gasteiger partial charge in [-0.1, -0.05) is 96.9 Å². The quantitative estimate of drug-likeness (QED) is 0.180. The van der Waals surface area contributed by atoms with E-state index in [0.717, 1.165) is 36.1 Å². The van der Waals surface area contributed by atoms with E-state index in [2.05, 4.69) is 48.7 Å². The number of unbranched alkanes of at least 4 members (excludes halogenated alkanes) is 7. The van der Waals surface area contributed by atoms with Crippen LogP contribution in [0.1, 0.15) is 68.7 Å². The van der Waals surface area contributed by atoms with Crippen LogP contribution in [0.3, 0.4) is 0 Å². The summed E-state index contributed by atoms with van der Waals surface area (Å²) in [5.74, 6) is 1.91. The zero-order valence-corrected chi connectivity index (χ0v) is 22.8. The third-order valence-electron chi connectivity index (χ3n) is 5.79. The Morgan fingerprint density at radius 2 is 1.54 bits per heavy atom. The number of halogens is 2. The second-order valence-corrected chi connectivity index (χ2v) is 9.38. The molecule has 0 saturated carbocycles. The molecule has 8 heteroatoms. The van der Waals surface area contributed by atoms with E-state index in [1.807, 2.05) is 42.5 Å². The molecule has 0 radical (unpaired) electrons. The van der Waals surface area contributed by atoms with E-state index in [-0.39, 0.29) is 18.6 Å². The molecule has 0 amide bonds. The van der Waals surface area contributed by atoms with Crippen LogP contribution in [-0.2, 0) is 6.42 Å². The Kier molecular flexibility index (Phi) is 14.3. The van der Waals surface area contributed by atoms with E-state index in [0.29, 0.717) is 18.5 Å². The maximum Gasteiger partial charge on any atom is 0.200 e. The summed E-state index contributed by atoms with van der Waals surface area (Å²) in [6.07, 6.45) is 10.9. The topological polar surface area (TPSA) is 84.0 Å². The fraction of sp³-hybridized carbons (Fsp3) is 0.481. The summed E-state index contributed by atoms with van der Waals surface area (Å²) in [4.78, 5) is 9.09. The maximum absolute atomic E-state index is 6.00. The highest BCUT2D eigenvalue weighted by Gasteiger charge is 2.18. The average Bonchev–Trinajstić information content (AvgIpc) is 2.86. The highest BCUT2D eigenvalue weighted by Crippen LogP contribution is 2.20. The number of nitrogens with one attached hydrogen (secondary N) is 2. The monoisotopic (exact) mass is 563 g/mol. The number of hydrogen-bond donors (Lipinski definition) is 3. The van der Waals surface area contributed by atoms with Crippen molar-refractivity contribution >= 4 is 40.3 Å². The second-order valence-electron chi connectivity index (χ2n) is 8.59. The number of hydrogen-bond acceptors (Lipinski definition) is 4. The summed E-state index contributed by atoms with van der Waals surface area (Å²) >= 11 is 3.49. The third-order valence-corrected chi connectivity index (χ3v) is 6.35. The molecule has 0 aromatic heterocycles. The second kappa shape index (κ2) is 17.2. The largest absolute Gasteiger partial charge is 0.494 e. The number of alkyl halides is 1. The molecule has 2 aromatic rings. The molecule has 192 valence electrons. The first-order valence-corrected chi connectivity index (χ1v) is 13.6. The molecule has 0 saturated heterocycles. The van der Waals surface area contributed by atoms with Gasteiger partial charge in [0.25, 0.3) is 0 Å². The summed E-state index contributed by atoms with van der Waals surface area (Å²) in [7, 11) is 0. The van der Waals surface area contributed by atoms with Crippen LogP contribution in [0.2, 0.25) is 0 Å². The number of benzene rings is 2. The van der Waals surface area contributed by atoms with Gasteiger partial charge in [-0.3, -0.25) is 10.3 Å². The van der Waals surface area contributed by atoms with Crippen molar-refractivity contribution in [3.05, 3.63) is 65.7 Å². The standard InChI is InChI=1S/C27H38BrN5O.ClH/c28-19-10-5-3-1-2-4-6-11-21-34-24-16-14-23(15-17-24)25-31-26(29)33-27(32-25)30-20-18-22-12-8-7-9-13-22;/h7-9,12-17,25H,1-6,10-11,18-21H2,(H4,29,30,31,32,33);1H. The van der Waals surface area contributed by atoms with Gasteiger partial charge in [-0.2, -0.15) is 0 Å². The molecule has 0 fully saturated rings. The molecule has 1 aliphatic rings. The molecule has 1 atom stereocenters. The Labute approximate surface area is 224 Å². The molecular formula is C27H39BrClN5O. The highest BCUT2D eigenvalue weighted by molar-refractivity contribution is 9.09. The molecule has 0 bridgehead atoms. The van der Waals surface area contributed by atoms with Crippen molar-refractivity contribution in [2.45, 2.75) is 64.0 Å². The van der Waals surface area contributed by atoms with Crippen molar-refractivity contribution in [1.82, 2.24) is 10.6 Å². The number of rotatable bonds is 15. The van der Waals surface area contributed by atoms with Crippen LogP contribution >= 0.6 is 28.3 Å². The number of aliphatic imine (C=N–C) groups is 2. The van der Waals surface area contributed by atoms with Gasteiger partial charge in [-0.05, 0) is 42.5 Å². The summed E-state index contributed by atoms with van der Waals surface area (Å²) in [6, 6.07) is 18.4. The van der Waals surface area contributed by atoms with Crippen LogP contribution in [0, 0.1) is 0 Å². The lowest BCUT2D eigenvalue weighted by Crippen LogP contribution is -2.50. The van der Waals surface area contributed by atoms with Gasteiger partial charge in [0.2, 0.25) is 0 Å². The first kappa shape index (κ1) is 29.0. The van der Waals surface area contributed by atoms with Crippen molar-refractivity contribution in [2.75, 3.05) is 18.5 Å². The molecule has 35 heavy (non-hydrogen) atoms. The van der Waals surface area contributed by atoms with E-state index in [4.69, 9.17) is 10.5 Å². The first-order chi connectivity index (χ1) is 16.7. The predicted octanol–water partition coefficient (Wildman–Crippen LogP) is 6.11. The Hall–Kier alpha value is -2.25. The van der Waals surface area contributed by atoms with E-state index in [1.54, 1.807) is 0 Å². The number of nitrogens with zero attached hydrogens (tertiary/aromatic N) is 2. The van der Waals surface area contributed by atoms with Crippen molar-refractivity contribution in [3.63, 3.8) is 0 Å². The summed E-state index contributed by atoms with van der Waals surface area (Å²) in [5, 5.41) is 7.47. The predicted molar refractivity (Wildman–Crippen MR) is 153 cm³/mol. The molecule has 2 aromatic carbocycles. The van der Waals surface area contributed by atoms with Gasteiger partial charge in [-0.25, -0.2) is 4.99 Å². The van der Waals surface area contributed by atoms with Gasteiger partial charge in [0.15, 0.2) is 18.1 Å². The van der Waals surface area contributed by atoms with Crippen LogP contribution in [-0.4, -0.2) is 30.4 Å². The molecule has 1 heterocycles. The Morgan fingerprint density at radius 3 is 2.23 bits per heavy atom. The third kappa shape index (κ3) is 11.4. The minimum Gasteiger partial charge on any atom is -0.494 e. The van der Waals surface area contributed by atoms with Gasteiger partial charge in [-0.15, -0.1) is 12.4 Å². The van der Waals surface area contributed by atoms with Gasteiger partial charge in [0.1, 0.15) is 5.75 Å². The lowest BCUT2D eigenvalue weighted by molar-refractivity contribution is 0.304. The van der Waals surface area contributed by atoms with Crippen molar-refractivity contribution < 1.29 is 4.74 Å². The number of ether oxygens (including phenoxy) is 1. The van der Waals surface area contributed by atoms with Gasteiger partial charge in [0.05, 0.1) is 6.61 Å². The van der Waals surface area contributed by atoms with Gasteiger partial charge >= 0.3 is 0 Å². The van der Waals surface area contributed by atoms with Crippen molar-refractivity contribution in [3.8, 4) is 5.75 Å².